The Morgan fingerprint density at radius 3 is 2.80 bits per heavy atom. The van der Waals surface area contributed by atoms with E-state index in [9.17, 15) is 9.18 Å². The van der Waals surface area contributed by atoms with Crippen LogP contribution in [-0.2, 0) is 7.05 Å². The summed E-state index contributed by atoms with van der Waals surface area (Å²) in [5.74, 6) is -2.00. The lowest BCUT2D eigenvalue weighted by Crippen LogP contribution is -2.01. The molecule has 20 heavy (non-hydrogen) atoms. The van der Waals surface area contributed by atoms with Crippen molar-refractivity contribution in [1.82, 2.24) is 9.78 Å². The number of aryl methyl sites for hydroxylation is 2. The van der Waals surface area contributed by atoms with Crippen molar-refractivity contribution in [2.24, 2.45) is 7.05 Å². The van der Waals surface area contributed by atoms with Gasteiger partial charge >= 0.3 is 5.97 Å². The minimum absolute atomic E-state index is 0.0898. The second kappa shape index (κ2) is 5.01. The molecule has 102 valence electrons. The van der Waals surface area contributed by atoms with Crippen LogP contribution in [0, 0.1) is 24.1 Å². The first-order valence-corrected chi connectivity index (χ1v) is 5.58. The zero-order valence-electron chi connectivity index (χ0n) is 10.7. The topological polar surface area (TPSA) is 88.1 Å². The van der Waals surface area contributed by atoms with Gasteiger partial charge in [-0.05, 0) is 19.1 Å². The van der Waals surface area contributed by atoms with E-state index >= 15 is 0 Å². The van der Waals surface area contributed by atoms with E-state index in [1.165, 1.54) is 10.7 Å². The fourth-order valence-corrected chi connectivity index (χ4v) is 1.73. The number of hydrogen-bond acceptors (Lipinski definition) is 4. The standard InChI is InChI=1S/C13H10FN3O3/c1-7-10(6-15)12(17(2)16-7)20-8-3-4-9(13(18)19)11(14)5-8/h3-5H,1-2H3,(H,18,19). The zero-order chi connectivity index (χ0) is 14.9. The molecule has 0 aliphatic heterocycles. The van der Waals surface area contributed by atoms with Crippen LogP contribution < -0.4 is 4.74 Å². The van der Waals surface area contributed by atoms with E-state index in [4.69, 9.17) is 15.1 Å². The maximum absolute atomic E-state index is 13.5. The van der Waals surface area contributed by atoms with Crippen molar-refractivity contribution in [2.75, 3.05) is 0 Å². The SMILES string of the molecule is Cc1nn(C)c(Oc2ccc(C(=O)O)c(F)c2)c1C#N. The summed E-state index contributed by atoms with van der Waals surface area (Å²) in [5.41, 5.74) is 0.293. The number of aromatic carboxylic acids is 1. The van der Waals surface area contributed by atoms with E-state index in [2.05, 4.69) is 5.10 Å². The van der Waals surface area contributed by atoms with Crippen LogP contribution in [0.25, 0.3) is 0 Å². The third kappa shape index (κ3) is 2.31. The molecule has 0 aliphatic rings. The number of rotatable bonds is 3. The predicted molar refractivity (Wildman–Crippen MR) is 66.1 cm³/mol. The summed E-state index contributed by atoms with van der Waals surface area (Å²) in [6.45, 7) is 1.65. The molecule has 0 aliphatic carbocycles. The van der Waals surface area contributed by atoms with Gasteiger partial charge in [0.05, 0.1) is 11.3 Å². The first-order valence-electron chi connectivity index (χ1n) is 5.58. The lowest BCUT2D eigenvalue weighted by molar-refractivity contribution is 0.0692. The molecular formula is C13H10FN3O3. The number of carbonyl (C=O) groups is 1. The highest BCUT2D eigenvalue weighted by atomic mass is 19.1. The average molecular weight is 275 g/mol. The van der Waals surface area contributed by atoms with Gasteiger partial charge in [-0.1, -0.05) is 0 Å². The molecule has 0 saturated heterocycles. The van der Waals surface area contributed by atoms with Crippen LogP contribution in [0.1, 0.15) is 21.6 Å². The molecule has 0 bridgehead atoms. The number of carboxylic acid groups (broad SMARTS) is 1. The summed E-state index contributed by atoms with van der Waals surface area (Å²) in [4.78, 5) is 10.7. The second-order valence-corrected chi connectivity index (χ2v) is 4.05. The highest BCUT2D eigenvalue weighted by Gasteiger charge is 2.17. The highest BCUT2D eigenvalue weighted by Crippen LogP contribution is 2.27. The van der Waals surface area contributed by atoms with Crippen molar-refractivity contribution in [3.05, 3.63) is 40.8 Å². The van der Waals surface area contributed by atoms with Crippen LogP contribution in [0.15, 0.2) is 18.2 Å². The number of carboxylic acids is 1. The van der Waals surface area contributed by atoms with Crippen molar-refractivity contribution in [3.8, 4) is 17.7 Å². The Morgan fingerprint density at radius 1 is 1.55 bits per heavy atom. The Hall–Kier alpha value is -2.88. The Balaban J connectivity index is 2.39. The molecule has 0 fully saturated rings. The fourth-order valence-electron chi connectivity index (χ4n) is 1.73. The average Bonchev–Trinajstić information content (AvgIpc) is 2.63. The molecule has 0 saturated carbocycles. The van der Waals surface area contributed by atoms with Gasteiger partial charge in [0.15, 0.2) is 0 Å². The Bertz CT molecular complexity index is 731. The lowest BCUT2D eigenvalue weighted by Gasteiger charge is -2.07. The number of ether oxygens (including phenoxy) is 1. The van der Waals surface area contributed by atoms with Crippen molar-refractivity contribution in [1.29, 1.82) is 5.26 Å². The first-order chi connectivity index (χ1) is 9.43. The van der Waals surface area contributed by atoms with Crippen molar-refractivity contribution in [2.45, 2.75) is 6.92 Å². The normalized spacial score (nSPS) is 10.1. The van der Waals surface area contributed by atoms with Crippen LogP contribution in [0.4, 0.5) is 4.39 Å². The Labute approximate surface area is 113 Å². The number of nitrogens with zero attached hydrogens (tertiary/aromatic N) is 3. The summed E-state index contributed by atoms with van der Waals surface area (Å²) in [6, 6.07) is 5.32. The van der Waals surface area contributed by atoms with Crippen LogP contribution >= 0.6 is 0 Å². The monoisotopic (exact) mass is 275 g/mol. The van der Waals surface area contributed by atoms with Gasteiger partial charge in [0.2, 0.25) is 5.88 Å². The van der Waals surface area contributed by atoms with Gasteiger partial charge in [0.25, 0.3) is 0 Å². The second-order valence-electron chi connectivity index (χ2n) is 4.05. The molecule has 2 aromatic rings. The smallest absolute Gasteiger partial charge is 0.338 e. The summed E-state index contributed by atoms with van der Waals surface area (Å²) in [7, 11) is 1.59. The quantitative estimate of drug-likeness (QED) is 0.927. The van der Waals surface area contributed by atoms with E-state index in [-0.39, 0.29) is 17.2 Å². The summed E-state index contributed by atoms with van der Waals surface area (Å²) < 4.78 is 20.3. The molecule has 2 rings (SSSR count). The third-order valence-electron chi connectivity index (χ3n) is 2.67. The van der Waals surface area contributed by atoms with E-state index in [1.807, 2.05) is 6.07 Å². The van der Waals surface area contributed by atoms with Crippen LogP contribution in [0.3, 0.4) is 0 Å². The van der Waals surface area contributed by atoms with Gasteiger partial charge in [-0.25, -0.2) is 13.9 Å². The number of aromatic nitrogens is 2. The fraction of sp³-hybridized carbons (Fsp3) is 0.154. The van der Waals surface area contributed by atoms with Gasteiger partial charge in [0.1, 0.15) is 23.2 Å². The van der Waals surface area contributed by atoms with E-state index in [1.54, 1.807) is 14.0 Å². The molecule has 1 N–H and O–H groups in total. The van der Waals surface area contributed by atoms with Gasteiger partial charge in [0, 0.05) is 13.1 Å². The van der Waals surface area contributed by atoms with Crippen molar-refractivity contribution >= 4 is 5.97 Å². The third-order valence-corrected chi connectivity index (χ3v) is 2.67. The molecular weight excluding hydrogens is 265 g/mol. The van der Waals surface area contributed by atoms with E-state index < -0.39 is 17.3 Å². The predicted octanol–water partition coefficient (Wildman–Crippen LogP) is 2.23. The van der Waals surface area contributed by atoms with Gasteiger partial charge in [-0.3, -0.25) is 0 Å². The molecule has 0 spiro atoms. The lowest BCUT2D eigenvalue weighted by atomic mass is 10.2. The van der Waals surface area contributed by atoms with Crippen molar-refractivity contribution in [3.63, 3.8) is 0 Å². The maximum atomic E-state index is 13.5. The van der Waals surface area contributed by atoms with Gasteiger partial charge in [-0.2, -0.15) is 10.4 Å². The molecule has 0 amide bonds. The van der Waals surface area contributed by atoms with Crippen LogP contribution in [-0.4, -0.2) is 20.9 Å². The summed E-state index contributed by atoms with van der Waals surface area (Å²) in [6.07, 6.45) is 0. The molecule has 0 atom stereocenters. The summed E-state index contributed by atoms with van der Waals surface area (Å²) >= 11 is 0. The molecule has 1 aromatic carbocycles. The molecule has 1 aromatic heterocycles. The number of nitriles is 1. The largest absolute Gasteiger partial charge is 0.478 e. The maximum Gasteiger partial charge on any atom is 0.338 e. The van der Waals surface area contributed by atoms with E-state index in [0.717, 1.165) is 12.1 Å². The van der Waals surface area contributed by atoms with E-state index in [0.29, 0.717) is 5.69 Å². The minimum atomic E-state index is -1.36. The number of hydrogen-bond donors (Lipinski definition) is 1. The Morgan fingerprint density at radius 2 is 2.25 bits per heavy atom. The zero-order valence-corrected chi connectivity index (χ0v) is 10.7. The number of halogens is 1. The Kier molecular flexibility index (Phi) is 3.39. The molecule has 1 heterocycles. The first kappa shape index (κ1) is 13.5. The molecule has 0 radical (unpaired) electrons. The molecule has 7 heteroatoms. The molecule has 6 nitrogen and oxygen atoms in total. The summed E-state index contributed by atoms with van der Waals surface area (Å²) in [5, 5.41) is 21.8. The number of benzene rings is 1. The van der Waals surface area contributed by atoms with Gasteiger partial charge < -0.3 is 9.84 Å². The van der Waals surface area contributed by atoms with Gasteiger partial charge in [-0.15, -0.1) is 0 Å². The van der Waals surface area contributed by atoms with Crippen molar-refractivity contribution < 1.29 is 19.0 Å². The minimum Gasteiger partial charge on any atom is -0.478 e. The highest BCUT2D eigenvalue weighted by molar-refractivity contribution is 5.88. The molecule has 0 unspecified atom stereocenters. The van der Waals surface area contributed by atoms with Crippen LogP contribution in [0.2, 0.25) is 0 Å². The van der Waals surface area contributed by atoms with Crippen LogP contribution in [0.5, 0.6) is 11.6 Å².